The highest BCUT2D eigenvalue weighted by Crippen LogP contribution is 2.25. The Morgan fingerprint density at radius 3 is 2.15 bits per heavy atom. The normalized spacial score (nSPS) is 16.3. The molecule has 1 heterocycles. The number of nitrogens with one attached hydrogen (secondary N) is 1. The molecule has 1 saturated heterocycles. The van der Waals surface area contributed by atoms with Crippen LogP contribution in [0.4, 0.5) is 0 Å². The molecule has 0 spiro atoms. The molecule has 27 heavy (non-hydrogen) atoms. The van der Waals surface area contributed by atoms with Crippen molar-refractivity contribution in [2.24, 2.45) is 0 Å². The fourth-order valence-electron chi connectivity index (χ4n) is 3.71. The number of benzene rings is 2. The smallest absolute Gasteiger partial charge is 0.251 e. The Kier molecular flexibility index (Phi) is 6.01. The number of hydrogen-bond acceptors (Lipinski definition) is 2. The van der Waals surface area contributed by atoms with Gasteiger partial charge in [0.2, 0.25) is 0 Å². The minimum atomic E-state index is 0.00627. The molecule has 1 aliphatic heterocycles. The molecule has 1 unspecified atom stereocenters. The Bertz CT molecular complexity index is 750. The molecule has 1 N–H and O–H groups in total. The maximum atomic E-state index is 12.7. The number of likely N-dealkylation sites (tertiary alicyclic amines) is 1. The lowest BCUT2D eigenvalue weighted by Gasteiger charge is -2.28. The van der Waals surface area contributed by atoms with E-state index in [2.05, 4.69) is 74.3 Å². The minimum absolute atomic E-state index is 0.00627. The third-order valence-electron chi connectivity index (χ3n) is 5.51. The molecule has 144 valence electrons. The molecule has 0 bridgehead atoms. The van der Waals surface area contributed by atoms with Gasteiger partial charge in [0.25, 0.3) is 5.91 Å². The van der Waals surface area contributed by atoms with Crippen LogP contribution in [0.2, 0.25) is 0 Å². The molecule has 2 aromatic rings. The molecule has 1 aliphatic rings. The highest BCUT2D eigenvalue weighted by Gasteiger charge is 2.24. The van der Waals surface area contributed by atoms with Crippen molar-refractivity contribution in [3.05, 3.63) is 70.8 Å². The van der Waals surface area contributed by atoms with Crippen LogP contribution in [0.1, 0.15) is 66.7 Å². The van der Waals surface area contributed by atoms with Gasteiger partial charge in [-0.15, -0.1) is 0 Å². The van der Waals surface area contributed by atoms with Crippen LogP contribution in [-0.4, -0.2) is 30.4 Å². The number of amides is 1. The minimum Gasteiger partial charge on any atom is -0.350 e. The van der Waals surface area contributed by atoms with Gasteiger partial charge in [0, 0.05) is 12.1 Å². The first-order valence-corrected chi connectivity index (χ1v) is 10.0. The summed E-state index contributed by atoms with van der Waals surface area (Å²) in [6, 6.07) is 17.0. The van der Waals surface area contributed by atoms with Crippen molar-refractivity contribution < 1.29 is 4.79 Å². The van der Waals surface area contributed by atoms with Gasteiger partial charge < -0.3 is 5.32 Å². The maximum Gasteiger partial charge on any atom is 0.251 e. The Morgan fingerprint density at radius 2 is 1.59 bits per heavy atom. The van der Waals surface area contributed by atoms with E-state index in [1.54, 1.807) is 0 Å². The number of rotatable bonds is 5. The Hall–Kier alpha value is -2.13. The predicted octanol–water partition coefficient (Wildman–Crippen LogP) is 4.86. The molecular weight excluding hydrogens is 332 g/mol. The van der Waals surface area contributed by atoms with Crippen LogP contribution in [0.15, 0.2) is 48.5 Å². The Morgan fingerprint density at radius 1 is 1.00 bits per heavy atom. The van der Waals surface area contributed by atoms with Gasteiger partial charge in [0.1, 0.15) is 0 Å². The van der Waals surface area contributed by atoms with Crippen molar-refractivity contribution >= 4 is 5.91 Å². The summed E-state index contributed by atoms with van der Waals surface area (Å²) in [7, 11) is 0. The second kappa shape index (κ2) is 8.26. The van der Waals surface area contributed by atoms with E-state index in [1.807, 2.05) is 12.1 Å². The van der Waals surface area contributed by atoms with Crippen molar-refractivity contribution in [3.8, 4) is 0 Å². The number of hydrogen-bond donors (Lipinski definition) is 1. The number of carbonyl (C=O) groups is 1. The summed E-state index contributed by atoms with van der Waals surface area (Å²) in [5, 5.41) is 3.17. The molecule has 2 aromatic carbocycles. The Balaban J connectivity index is 1.69. The fraction of sp³-hybridized carbons (Fsp3) is 0.458. The third-order valence-corrected chi connectivity index (χ3v) is 5.51. The fourth-order valence-corrected chi connectivity index (χ4v) is 3.71. The monoisotopic (exact) mass is 364 g/mol. The van der Waals surface area contributed by atoms with Gasteiger partial charge in [-0.05, 0) is 61.5 Å². The van der Waals surface area contributed by atoms with Crippen molar-refractivity contribution in [1.29, 1.82) is 0 Å². The summed E-state index contributed by atoms with van der Waals surface area (Å²) in [5.41, 5.74) is 4.62. The van der Waals surface area contributed by atoms with Crippen LogP contribution in [0.25, 0.3) is 0 Å². The van der Waals surface area contributed by atoms with Gasteiger partial charge in [-0.2, -0.15) is 0 Å². The number of nitrogens with zero attached hydrogens (tertiary/aromatic N) is 1. The van der Waals surface area contributed by atoms with E-state index in [4.69, 9.17) is 0 Å². The van der Waals surface area contributed by atoms with Crippen LogP contribution in [0, 0.1) is 6.92 Å². The first kappa shape index (κ1) is 19.6. The molecule has 3 nitrogen and oxygen atoms in total. The standard InChI is InChI=1S/C24H32N2O/c1-18-7-9-19(10-8-18)22(26-15-5-6-16-26)17-25-23(27)20-11-13-21(14-12-20)24(2,3)4/h7-14,22H,5-6,15-17H2,1-4H3,(H,25,27). The third kappa shape index (κ3) is 4.98. The summed E-state index contributed by atoms with van der Waals surface area (Å²) in [5.74, 6) is 0.00627. The van der Waals surface area contributed by atoms with Crippen molar-refractivity contribution in [2.45, 2.75) is 52.0 Å². The van der Waals surface area contributed by atoms with Crippen molar-refractivity contribution in [3.63, 3.8) is 0 Å². The van der Waals surface area contributed by atoms with Crippen LogP contribution >= 0.6 is 0 Å². The molecule has 1 amide bonds. The van der Waals surface area contributed by atoms with Crippen LogP contribution in [0.5, 0.6) is 0 Å². The summed E-state index contributed by atoms with van der Waals surface area (Å²) in [6.45, 7) is 11.5. The lowest BCUT2D eigenvalue weighted by atomic mass is 9.87. The lowest BCUT2D eigenvalue weighted by Crippen LogP contribution is -2.36. The maximum absolute atomic E-state index is 12.7. The highest BCUT2D eigenvalue weighted by atomic mass is 16.1. The van der Waals surface area contributed by atoms with Gasteiger partial charge in [-0.1, -0.05) is 62.7 Å². The van der Waals surface area contributed by atoms with Gasteiger partial charge in [0.15, 0.2) is 0 Å². The summed E-state index contributed by atoms with van der Waals surface area (Å²) in [4.78, 5) is 15.2. The van der Waals surface area contributed by atoms with E-state index in [9.17, 15) is 4.79 Å². The average molecular weight is 365 g/mol. The SMILES string of the molecule is Cc1ccc(C(CNC(=O)c2ccc(C(C)(C)C)cc2)N2CCCC2)cc1. The number of carbonyl (C=O) groups excluding carboxylic acids is 1. The molecule has 0 saturated carbocycles. The molecule has 1 atom stereocenters. The largest absolute Gasteiger partial charge is 0.350 e. The van der Waals surface area contributed by atoms with Crippen LogP contribution in [-0.2, 0) is 5.41 Å². The lowest BCUT2D eigenvalue weighted by molar-refractivity contribution is 0.0938. The van der Waals surface area contributed by atoms with Crippen LogP contribution < -0.4 is 5.32 Å². The van der Waals surface area contributed by atoms with E-state index < -0.39 is 0 Å². The zero-order valence-electron chi connectivity index (χ0n) is 17.1. The van der Waals surface area contributed by atoms with Gasteiger partial charge in [-0.25, -0.2) is 0 Å². The zero-order chi connectivity index (χ0) is 19.4. The second-order valence-corrected chi connectivity index (χ2v) is 8.71. The Labute approximate surface area is 163 Å². The molecule has 3 heteroatoms. The average Bonchev–Trinajstić information content (AvgIpc) is 3.17. The molecule has 3 rings (SSSR count). The first-order valence-electron chi connectivity index (χ1n) is 10.0. The van der Waals surface area contributed by atoms with Crippen LogP contribution in [0.3, 0.4) is 0 Å². The van der Waals surface area contributed by atoms with Gasteiger partial charge in [-0.3, -0.25) is 9.69 Å². The zero-order valence-corrected chi connectivity index (χ0v) is 17.1. The quantitative estimate of drug-likeness (QED) is 0.822. The van der Waals surface area contributed by atoms with E-state index in [0.29, 0.717) is 6.54 Å². The molecular formula is C24H32N2O. The summed E-state index contributed by atoms with van der Waals surface area (Å²) < 4.78 is 0. The number of aryl methyl sites for hydroxylation is 1. The predicted molar refractivity (Wildman–Crippen MR) is 112 cm³/mol. The summed E-state index contributed by atoms with van der Waals surface area (Å²) >= 11 is 0. The van der Waals surface area contributed by atoms with Crippen molar-refractivity contribution in [1.82, 2.24) is 10.2 Å². The van der Waals surface area contributed by atoms with E-state index >= 15 is 0 Å². The van der Waals surface area contributed by atoms with Crippen molar-refractivity contribution in [2.75, 3.05) is 19.6 Å². The van der Waals surface area contributed by atoms with E-state index in [0.717, 1.165) is 18.7 Å². The molecule has 0 radical (unpaired) electrons. The first-order chi connectivity index (χ1) is 12.8. The molecule has 0 aromatic heterocycles. The second-order valence-electron chi connectivity index (χ2n) is 8.71. The molecule has 1 fully saturated rings. The topological polar surface area (TPSA) is 32.3 Å². The van der Waals surface area contributed by atoms with E-state index in [1.165, 1.54) is 29.5 Å². The molecule has 0 aliphatic carbocycles. The summed E-state index contributed by atoms with van der Waals surface area (Å²) in [6.07, 6.45) is 2.48. The van der Waals surface area contributed by atoms with Gasteiger partial charge >= 0.3 is 0 Å². The van der Waals surface area contributed by atoms with Gasteiger partial charge in [0.05, 0.1) is 6.04 Å². The highest BCUT2D eigenvalue weighted by molar-refractivity contribution is 5.94. The van der Waals surface area contributed by atoms with E-state index in [-0.39, 0.29) is 17.4 Å².